The molecule has 27 heavy (non-hydrogen) atoms. The number of aryl methyl sites for hydroxylation is 2. The van der Waals surface area contributed by atoms with Gasteiger partial charge in [0.2, 0.25) is 0 Å². The molecule has 2 N–H and O–H groups in total. The zero-order valence-corrected chi connectivity index (χ0v) is 20.7. The topological polar surface area (TPSA) is 54.2 Å². The van der Waals surface area contributed by atoms with Crippen LogP contribution in [0.3, 0.4) is 0 Å². The van der Waals surface area contributed by atoms with Crippen LogP contribution in [0.15, 0.2) is 22.5 Å². The molecule has 0 aliphatic rings. The molecule has 7 heteroatoms. The Bertz CT molecular complexity index is 734. The predicted molar refractivity (Wildman–Crippen MR) is 128 cm³/mol. The summed E-state index contributed by atoms with van der Waals surface area (Å²) in [6, 6.07) is 4.58. The van der Waals surface area contributed by atoms with E-state index in [1.54, 1.807) is 11.3 Å². The molecule has 2 rings (SSSR count). The number of hydrogen-bond acceptors (Lipinski definition) is 3. The van der Waals surface area contributed by atoms with E-state index in [0.717, 1.165) is 31.2 Å². The van der Waals surface area contributed by atoms with Crippen molar-refractivity contribution >= 4 is 41.3 Å². The average Bonchev–Trinajstić information content (AvgIpc) is 3.19. The van der Waals surface area contributed by atoms with E-state index in [2.05, 4.69) is 74.8 Å². The van der Waals surface area contributed by atoms with Crippen molar-refractivity contribution in [1.29, 1.82) is 0 Å². The molecular formula is C20H34IN5S. The van der Waals surface area contributed by atoms with Gasteiger partial charge in [0.25, 0.3) is 0 Å². The first-order valence-corrected chi connectivity index (χ1v) is 10.2. The summed E-state index contributed by atoms with van der Waals surface area (Å²) >= 11 is 1.80. The predicted octanol–water partition coefficient (Wildman–Crippen LogP) is 4.18. The van der Waals surface area contributed by atoms with Gasteiger partial charge >= 0.3 is 0 Å². The highest BCUT2D eigenvalue weighted by Crippen LogP contribution is 2.27. The summed E-state index contributed by atoms with van der Waals surface area (Å²) in [7, 11) is 2.00. The maximum absolute atomic E-state index is 4.85. The number of nitrogens with one attached hydrogen (secondary N) is 2. The first kappa shape index (κ1) is 23.9. The summed E-state index contributed by atoms with van der Waals surface area (Å²) in [4.78, 5) is 6.22. The molecule has 0 spiro atoms. The van der Waals surface area contributed by atoms with Crippen LogP contribution in [-0.2, 0) is 18.9 Å². The third-order valence-corrected chi connectivity index (χ3v) is 5.95. The minimum absolute atomic E-state index is 0. The van der Waals surface area contributed by atoms with Gasteiger partial charge in [-0.25, -0.2) is 0 Å². The van der Waals surface area contributed by atoms with Gasteiger partial charge in [0.15, 0.2) is 5.96 Å². The van der Waals surface area contributed by atoms with Crippen LogP contribution >= 0.6 is 35.3 Å². The van der Waals surface area contributed by atoms with Crippen LogP contribution < -0.4 is 10.6 Å². The minimum Gasteiger partial charge on any atom is -0.357 e. The fraction of sp³-hybridized carbons (Fsp3) is 0.600. The number of aliphatic imine (C=N–C) groups is 1. The molecule has 0 saturated carbocycles. The van der Waals surface area contributed by atoms with E-state index in [-0.39, 0.29) is 35.4 Å². The molecule has 2 heterocycles. The lowest BCUT2D eigenvalue weighted by atomic mass is 9.92. The van der Waals surface area contributed by atoms with Crippen LogP contribution in [0.4, 0.5) is 0 Å². The lowest BCUT2D eigenvalue weighted by Crippen LogP contribution is -2.43. The fourth-order valence-corrected chi connectivity index (χ4v) is 3.89. The summed E-state index contributed by atoms with van der Waals surface area (Å²) < 4.78 is 1.96. The second-order valence-corrected chi connectivity index (χ2v) is 8.53. The van der Waals surface area contributed by atoms with Crippen molar-refractivity contribution in [2.75, 3.05) is 13.1 Å². The molecule has 0 aliphatic carbocycles. The summed E-state index contributed by atoms with van der Waals surface area (Å²) in [5.74, 6) is 0.879. The van der Waals surface area contributed by atoms with Gasteiger partial charge < -0.3 is 10.6 Å². The van der Waals surface area contributed by atoms with Gasteiger partial charge in [-0.1, -0.05) is 19.9 Å². The van der Waals surface area contributed by atoms with Gasteiger partial charge in [-0.05, 0) is 51.1 Å². The van der Waals surface area contributed by atoms with Crippen molar-refractivity contribution < 1.29 is 0 Å². The lowest BCUT2D eigenvalue weighted by molar-refractivity contribution is 0.545. The highest BCUT2D eigenvalue weighted by Gasteiger charge is 2.22. The summed E-state index contributed by atoms with van der Waals surface area (Å²) in [6.45, 7) is 14.6. The zero-order valence-electron chi connectivity index (χ0n) is 17.6. The van der Waals surface area contributed by atoms with Crippen LogP contribution in [0.2, 0.25) is 0 Å². The van der Waals surface area contributed by atoms with Gasteiger partial charge in [-0.2, -0.15) is 5.10 Å². The molecule has 0 aliphatic heterocycles. The number of hydrogen-bond donors (Lipinski definition) is 2. The molecule has 0 saturated heterocycles. The minimum atomic E-state index is 0. The molecule has 0 amide bonds. The van der Waals surface area contributed by atoms with Crippen LogP contribution in [0.25, 0.3) is 0 Å². The molecule has 2 aromatic heterocycles. The van der Waals surface area contributed by atoms with Crippen molar-refractivity contribution in [3.63, 3.8) is 0 Å². The molecule has 0 aromatic carbocycles. The largest absolute Gasteiger partial charge is 0.357 e. The molecule has 0 fully saturated rings. The Morgan fingerprint density at radius 3 is 2.59 bits per heavy atom. The average molecular weight is 503 g/mol. The number of thiophene rings is 1. The second-order valence-electron chi connectivity index (χ2n) is 7.58. The lowest BCUT2D eigenvalue weighted by Gasteiger charge is -2.23. The van der Waals surface area contributed by atoms with Gasteiger partial charge in [-0.3, -0.25) is 9.67 Å². The smallest absolute Gasteiger partial charge is 0.191 e. The Labute approximate surface area is 185 Å². The van der Waals surface area contributed by atoms with E-state index in [4.69, 9.17) is 4.99 Å². The molecule has 1 atom stereocenters. The Balaban J connectivity index is 0.00000364. The maximum Gasteiger partial charge on any atom is 0.191 e. The van der Waals surface area contributed by atoms with Crippen LogP contribution in [-0.4, -0.2) is 34.9 Å². The normalized spacial score (nSPS) is 13.2. The Hall–Kier alpha value is -1.09. The van der Waals surface area contributed by atoms with E-state index in [9.17, 15) is 0 Å². The van der Waals surface area contributed by atoms with Gasteiger partial charge in [0, 0.05) is 35.6 Å². The van der Waals surface area contributed by atoms with E-state index < -0.39 is 0 Å². The number of nitrogens with zero attached hydrogens (tertiary/aromatic N) is 3. The van der Waals surface area contributed by atoms with Crippen molar-refractivity contribution in [3.05, 3.63) is 39.3 Å². The van der Waals surface area contributed by atoms with Crippen LogP contribution in [0, 0.1) is 13.8 Å². The van der Waals surface area contributed by atoms with E-state index >= 15 is 0 Å². The Morgan fingerprint density at radius 2 is 2.07 bits per heavy atom. The van der Waals surface area contributed by atoms with Gasteiger partial charge in [0.05, 0.1) is 12.2 Å². The van der Waals surface area contributed by atoms with Crippen molar-refractivity contribution in [2.45, 2.75) is 59.4 Å². The molecule has 0 bridgehead atoms. The molecule has 5 nitrogen and oxygen atoms in total. The molecule has 0 radical (unpaired) electrons. The highest BCUT2D eigenvalue weighted by molar-refractivity contribution is 14.0. The third-order valence-electron chi connectivity index (χ3n) is 4.72. The van der Waals surface area contributed by atoms with Crippen molar-refractivity contribution in [1.82, 2.24) is 20.4 Å². The zero-order chi connectivity index (χ0) is 19.3. The van der Waals surface area contributed by atoms with E-state index in [0.29, 0.717) is 0 Å². The van der Waals surface area contributed by atoms with Gasteiger partial charge in [-0.15, -0.1) is 35.3 Å². The maximum atomic E-state index is 4.85. The molecule has 152 valence electrons. The van der Waals surface area contributed by atoms with Crippen LogP contribution in [0.5, 0.6) is 0 Å². The summed E-state index contributed by atoms with van der Waals surface area (Å²) in [5.41, 5.74) is 3.70. The first-order chi connectivity index (χ1) is 12.2. The highest BCUT2D eigenvalue weighted by atomic mass is 127. The number of aromatic nitrogens is 2. The van der Waals surface area contributed by atoms with Gasteiger partial charge in [0.1, 0.15) is 0 Å². The van der Waals surface area contributed by atoms with E-state index in [1.165, 1.54) is 16.1 Å². The third kappa shape index (κ3) is 6.48. The molecule has 2 aromatic rings. The standard InChI is InChI=1S/C20H33N5S.HI/c1-8-21-19(22-13-20(5,6)18-10-9-11-26-18)23-14(2)12-17-15(3)24-25(7)16(17)4;/h9-11,14H,8,12-13H2,1-7H3,(H2,21,22,23);1H. The van der Waals surface area contributed by atoms with Crippen molar-refractivity contribution in [3.8, 4) is 0 Å². The van der Waals surface area contributed by atoms with E-state index in [1.807, 2.05) is 11.7 Å². The van der Waals surface area contributed by atoms with Crippen LogP contribution in [0.1, 0.15) is 49.5 Å². The summed E-state index contributed by atoms with van der Waals surface area (Å²) in [5, 5.41) is 13.6. The Kier molecular flexibility index (Phi) is 9.27. The monoisotopic (exact) mass is 503 g/mol. The fourth-order valence-electron chi connectivity index (χ4n) is 3.04. The van der Waals surface area contributed by atoms with Crippen molar-refractivity contribution in [2.24, 2.45) is 12.0 Å². The molecular weight excluding hydrogens is 469 g/mol. The molecule has 1 unspecified atom stereocenters. The number of rotatable bonds is 7. The SMILES string of the molecule is CCNC(=NCC(C)(C)c1cccs1)NC(C)Cc1c(C)nn(C)c1C.I. The summed E-state index contributed by atoms with van der Waals surface area (Å²) in [6.07, 6.45) is 0.935. The first-order valence-electron chi connectivity index (χ1n) is 9.32. The number of halogens is 1. The Morgan fingerprint density at radius 1 is 1.37 bits per heavy atom. The number of guanidine groups is 1. The second kappa shape index (κ2) is 10.5. The quantitative estimate of drug-likeness (QED) is 0.339.